The third-order valence-corrected chi connectivity index (χ3v) is 5.63. The summed E-state index contributed by atoms with van der Waals surface area (Å²) in [7, 11) is 0. The van der Waals surface area contributed by atoms with Gasteiger partial charge in [0.2, 0.25) is 5.91 Å². The van der Waals surface area contributed by atoms with Crippen LogP contribution < -0.4 is 4.90 Å². The van der Waals surface area contributed by atoms with Crippen molar-refractivity contribution >= 4 is 29.1 Å². The molecule has 1 aromatic carbocycles. The minimum absolute atomic E-state index is 0.0106. The molecule has 0 saturated heterocycles. The Hall–Kier alpha value is -1.29. The van der Waals surface area contributed by atoms with E-state index in [0.29, 0.717) is 0 Å². The van der Waals surface area contributed by atoms with E-state index in [4.69, 9.17) is 0 Å². The van der Waals surface area contributed by atoms with Gasteiger partial charge in [0.25, 0.3) is 0 Å². The number of hydrogen-bond acceptors (Lipinski definition) is 3. The molecule has 0 atom stereocenters. The Morgan fingerprint density at radius 1 is 1.20 bits per heavy atom. The lowest BCUT2D eigenvalue weighted by molar-refractivity contribution is -0.126. The van der Waals surface area contributed by atoms with Crippen LogP contribution in [0.5, 0.6) is 0 Å². The van der Waals surface area contributed by atoms with E-state index in [1.165, 1.54) is 18.2 Å². The van der Waals surface area contributed by atoms with Gasteiger partial charge in [-0.1, -0.05) is 43.2 Å². The summed E-state index contributed by atoms with van der Waals surface area (Å²) in [6.45, 7) is 1.49. The summed E-state index contributed by atoms with van der Waals surface area (Å²) in [4.78, 5) is 26.9. The van der Waals surface area contributed by atoms with E-state index in [1.54, 1.807) is 0 Å². The molecule has 0 aromatic heterocycles. The van der Waals surface area contributed by atoms with Crippen LogP contribution in [0.3, 0.4) is 0 Å². The molecule has 1 aromatic rings. The maximum Gasteiger partial charge on any atom is 0.235 e. The third-order valence-electron chi connectivity index (χ3n) is 4.10. The van der Waals surface area contributed by atoms with Crippen molar-refractivity contribution in [2.45, 2.75) is 55.2 Å². The number of amides is 1. The maximum atomic E-state index is 12.6. The van der Waals surface area contributed by atoms with Crippen LogP contribution in [0.1, 0.15) is 45.4 Å². The summed E-state index contributed by atoms with van der Waals surface area (Å²) >= 11 is 1.82. The van der Waals surface area contributed by atoms with Gasteiger partial charge in [0.15, 0.2) is 0 Å². The van der Waals surface area contributed by atoms with Gasteiger partial charge in [0.1, 0.15) is 5.78 Å². The number of hydrogen-bond donors (Lipinski definition) is 0. The molecular weight excluding hydrogens is 270 g/mol. The van der Waals surface area contributed by atoms with Crippen molar-refractivity contribution in [2.75, 3.05) is 4.90 Å². The fraction of sp³-hybridized carbons (Fsp3) is 0.500. The largest absolute Gasteiger partial charge is 0.299 e. The lowest BCUT2D eigenvalue weighted by Gasteiger charge is -2.40. The second-order valence-corrected chi connectivity index (χ2v) is 7.09. The van der Waals surface area contributed by atoms with Crippen molar-refractivity contribution in [3.63, 3.8) is 0 Å². The van der Waals surface area contributed by atoms with Gasteiger partial charge in [-0.2, -0.15) is 0 Å². The average molecular weight is 289 g/mol. The molecule has 1 aliphatic carbocycles. The maximum absolute atomic E-state index is 12.6. The molecule has 20 heavy (non-hydrogen) atoms. The molecule has 1 amide bonds. The molecule has 0 radical (unpaired) electrons. The Bertz CT molecular complexity index is 549. The van der Waals surface area contributed by atoms with E-state index in [1.807, 2.05) is 34.9 Å². The quantitative estimate of drug-likeness (QED) is 0.778. The molecule has 1 aliphatic heterocycles. The van der Waals surface area contributed by atoms with Crippen LogP contribution in [0.2, 0.25) is 0 Å². The first-order chi connectivity index (χ1) is 9.62. The Kier molecular flexibility index (Phi) is 3.59. The monoisotopic (exact) mass is 289 g/mol. The second kappa shape index (κ2) is 5.24. The van der Waals surface area contributed by atoms with E-state index in [9.17, 15) is 9.59 Å². The van der Waals surface area contributed by atoms with Gasteiger partial charge in [-0.05, 0) is 31.9 Å². The molecule has 2 aliphatic rings. The number of Topliss-reactive ketones (excluding diaryl/α,β-unsaturated/α-hetero) is 1. The Morgan fingerprint density at radius 2 is 1.90 bits per heavy atom. The molecule has 106 valence electrons. The molecule has 0 N–H and O–H groups in total. The first kappa shape index (κ1) is 13.7. The number of rotatable bonds is 2. The van der Waals surface area contributed by atoms with Gasteiger partial charge in [-0.15, -0.1) is 0 Å². The lowest BCUT2D eigenvalue weighted by Crippen LogP contribution is -2.48. The van der Waals surface area contributed by atoms with E-state index in [2.05, 4.69) is 6.07 Å². The molecule has 3 nitrogen and oxygen atoms in total. The molecule has 3 rings (SSSR count). The van der Waals surface area contributed by atoms with Crippen molar-refractivity contribution in [1.29, 1.82) is 0 Å². The van der Waals surface area contributed by atoms with Crippen LogP contribution in [-0.4, -0.2) is 16.6 Å². The highest BCUT2D eigenvalue weighted by atomic mass is 32.2. The summed E-state index contributed by atoms with van der Waals surface area (Å²) in [5.41, 5.74) is 0.991. The molecule has 4 heteroatoms. The second-order valence-electron chi connectivity index (χ2n) is 5.68. The first-order valence-electron chi connectivity index (χ1n) is 7.23. The highest BCUT2D eigenvalue weighted by Crippen LogP contribution is 2.56. The van der Waals surface area contributed by atoms with E-state index in [-0.39, 0.29) is 23.0 Å². The van der Waals surface area contributed by atoms with Gasteiger partial charge in [0, 0.05) is 4.90 Å². The SMILES string of the molecule is CC(=O)CC(=O)N1c2ccccc2SC12CCCCC2. The zero-order valence-electron chi connectivity index (χ0n) is 11.7. The topological polar surface area (TPSA) is 37.4 Å². The summed E-state index contributed by atoms with van der Waals surface area (Å²) in [5.74, 6) is -0.104. The van der Waals surface area contributed by atoms with E-state index >= 15 is 0 Å². The number of fused-ring (bicyclic) bond motifs is 1. The Balaban J connectivity index is 1.99. The number of thioether (sulfide) groups is 1. The lowest BCUT2D eigenvalue weighted by atomic mass is 9.92. The summed E-state index contributed by atoms with van der Waals surface area (Å²) in [6, 6.07) is 8.07. The highest BCUT2D eigenvalue weighted by molar-refractivity contribution is 8.01. The zero-order valence-corrected chi connectivity index (χ0v) is 12.5. The predicted octanol–water partition coefficient (Wildman–Crippen LogP) is 3.76. The molecular formula is C16H19NO2S. The van der Waals surface area contributed by atoms with Crippen molar-refractivity contribution in [3.8, 4) is 0 Å². The van der Waals surface area contributed by atoms with Gasteiger partial charge in [-0.3, -0.25) is 14.5 Å². The highest BCUT2D eigenvalue weighted by Gasteiger charge is 2.47. The zero-order chi connectivity index (χ0) is 14.2. The van der Waals surface area contributed by atoms with Crippen LogP contribution in [0, 0.1) is 0 Å². The normalized spacial score (nSPS) is 19.9. The minimum Gasteiger partial charge on any atom is -0.299 e. The summed E-state index contributed by atoms with van der Waals surface area (Å²) in [5, 5.41) is 0. The van der Waals surface area contributed by atoms with Crippen molar-refractivity contribution < 1.29 is 9.59 Å². The standard InChI is InChI=1S/C16H19NO2S/c1-12(18)11-15(19)17-13-7-3-4-8-14(13)20-16(17)9-5-2-6-10-16/h3-4,7-8H,2,5-6,9-11H2,1H3. The van der Waals surface area contributed by atoms with Gasteiger partial charge in [-0.25, -0.2) is 0 Å². The van der Waals surface area contributed by atoms with E-state index < -0.39 is 0 Å². The van der Waals surface area contributed by atoms with Crippen LogP contribution >= 0.6 is 11.8 Å². The van der Waals surface area contributed by atoms with Crippen molar-refractivity contribution in [3.05, 3.63) is 24.3 Å². The molecule has 1 fully saturated rings. The molecule has 1 spiro atoms. The predicted molar refractivity (Wildman–Crippen MR) is 80.9 cm³/mol. The van der Waals surface area contributed by atoms with Gasteiger partial charge in [0.05, 0.1) is 17.0 Å². The molecule has 1 heterocycles. The molecule has 0 bridgehead atoms. The molecule has 1 saturated carbocycles. The number of carbonyl (C=O) groups excluding carboxylic acids is 2. The van der Waals surface area contributed by atoms with Crippen LogP contribution in [0.15, 0.2) is 29.2 Å². The van der Waals surface area contributed by atoms with Crippen molar-refractivity contribution in [1.82, 2.24) is 0 Å². The fourth-order valence-electron chi connectivity index (χ4n) is 3.28. The van der Waals surface area contributed by atoms with E-state index in [0.717, 1.165) is 31.4 Å². The van der Waals surface area contributed by atoms with Crippen LogP contribution in [-0.2, 0) is 9.59 Å². The first-order valence-corrected chi connectivity index (χ1v) is 8.05. The summed E-state index contributed by atoms with van der Waals surface area (Å²) < 4.78 is 0. The van der Waals surface area contributed by atoms with Crippen LogP contribution in [0.25, 0.3) is 0 Å². The number of nitrogens with zero attached hydrogens (tertiary/aromatic N) is 1. The number of benzene rings is 1. The summed E-state index contributed by atoms with van der Waals surface area (Å²) in [6.07, 6.45) is 5.62. The smallest absolute Gasteiger partial charge is 0.235 e. The van der Waals surface area contributed by atoms with Gasteiger partial charge >= 0.3 is 0 Å². The van der Waals surface area contributed by atoms with Crippen LogP contribution in [0.4, 0.5) is 5.69 Å². The Morgan fingerprint density at radius 3 is 2.60 bits per heavy atom. The average Bonchev–Trinajstić information content (AvgIpc) is 2.71. The van der Waals surface area contributed by atoms with Gasteiger partial charge < -0.3 is 0 Å². The van der Waals surface area contributed by atoms with Crippen molar-refractivity contribution in [2.24, 2.45) is 0 Å². The molecule has 0 unspecified atom stereocenters. The number of ketones is 1. The third kappa shape index (κ3) is 2.26. The fourth-order valence-corrected chi connectivity index (χ4v) is 4.89. The Labute approximate surface area is 123 Å². The number of anilines is 1. The minimum atomic E-state index is -0.144. The number of carbonyl (C=O) groups is 2. The number of para-hydroxylation sites is 1.